The van der Waals surface area contributed by atoms with Gasteiger partial charge in [0, 0.05) is 12.4 Å². The molecule has 0 saturated carbocycles. The van der Waals surface area contributed by atoms with Crippen LogP contribution >= 0.6 is 0 Å². The minimum Gasteiger partial charge on any atom is -0.271 e. The van der Waals surface area contributed by atoms with Gasteiger partial charge in [-0.05, 0) is 6.42 Å². The maximum atomic E-state index is 5.43. The standard InChI is InChI=1S/C9H16N4/c1-2-3-4-8(13-10)9-7-11-5-6-12-9/h5-8,13H,2-4,10H2,1H3. The molecule has 3 N–H and O–H groups in total. The van der Waals surface area contributed by atoms with E-state index >= 15 is 0 Å². The van der Waals surface area contributed by atoms with Crippen LogP contribution in [0.5, 0.6) is 0 Å². The number of nitrogens with one attached hydrogen (secondary N) is 1. The first-order valence-electron chi connectivity index (χ1n) is 4.60. The van der Waals surface area contributed by atoms with Gasteiger partial charge in [0.2, 0.25) is 0 Å². The summed E-state index contributed by atoms with van der Waals surface area (Å²) in [5, 5.41) is 0. The van der Waals surface area contributed by atoms with Crippen molar-refractivity contribution in [3.05, 3.63) is 24.3 Å². The molecule has 0 aliphatic rings. The van der Waals surface area contributed by atoms with Gasteiger partial charge < -0.3 is 0 Å². The van der Waals surface area contributed by atoms with Crippen molar-refractivity contribution in [3.8, 4) is 0 Å². The Morgan fingerprint density at radius 3 is 2.92 bits per heavy atom. The lowest BCUT2D eigenvalue weighted by atomic mass is 10.1. The third-order valence-corrected chi connectivity index (χ3v) is 1.99. The zero-order chi connectivity index (χ0) is 9.52. The Hall–Kier alpha value is -1.00. The van der Waals surface area contributed by atoms with E-state index in [1.807, 2.05) is 0 Å². The molecule has 13 heavy (non-hydrogen) atoms. The van der Waals surface area contributed by atoms with Crippen LogP contribution in [0, 0.1) is 0 Å². The van der Waals surface area contributed by atoms with Crippen molar-refractivity contribution in [1.82, 2.24) is 15.4 Å². The molecule has 0 spiro atoms. The highest BCUT2D eigenvalue weighted by molar-refractivity contribution is 5.01. The Morgan fingerprint density at radius 2 is 2.38 bits per heavy atom. The Bertz CT molecular complexity index is 224. The molecule has 1 aromatic heterocycles. The molecule has 1 rings (SSSR count). The number of hydrazine groups is 1. The number of hydrogen-bond donors (Lipinski definition) is 2. The van der Waals surface area contributed by atoms with E-state index in [1.54, 1.807) is 18.6 Å². The largest absolute Gasteiger partial charge is 0.271 e. The predicted octanol–water partition coefficient (Wildman–Crippen LogP) is 1.17. The molecule has 0 amide bonds. The highest BCUT2D eigenvalue weighted by Gasteiger charge is 2.09. The first-order valence-corrected chi connectivity index (χ1v) is 4.60. The van der Waals surface area contributed by atoms with Crippen molar-refractivity contribution in [1.29, 1.82) is 0 Å². The molecule has 1 heterocycles. The summed E-state index contributed by atoms with van der Waals surface area (Å²) in [4.78, 5) is 8.20. The van der Waals surface area contributed by atoms with E-state index in [0.29, 0.717) is 0 Å². The summed E-state index contributed by atoms with van der Waals surface area (Å²) in [7, 11) is 0. The molecule has 0 radical (unpaired) electrons. The van der Waals surface area contributed by atoms with E-state index in [1.165, 1.54) is 6.42 Å². The number of nitrogens with zero attached hydrogens (tertiary/aromatic N) is 2. The van der Waals surface area contributed by atoms with Crippen LogP contribution in [-0.2, 0) is 0 Å². The van der Waals surface area contributed by atoms with E-state index in [2.05, 4.69) is 22.3 Å². The molecule has 0 saturated heterocycles. The smallest absolute Gasteiger partial charge is 0.0769 e. The van der Waals surface area contributed by atoms with E-state index in [9.17, 15) is 0 Å². The van der Waals surface area contributed by atoms with Crippen molar-refractivity contribution in [2.24, 2.45) is 5.84 Å². The van der Waals surface area contributed by atoms with Gasteiger partial charge in [0.15, 0.2) is 0 Å². The van der Waals surface area contributed by atoms with Crippen LogP contribution in [0.4, 0.5) is 0 Å². The monoisotopic (exact) mass is 180 g/mol. The molecule has 4 heteroatoms. The second-order valence-corrected chi connectivity index (χ2v) is 2.99. The first-order chi connectivity index (χ1) is 6.38. The van der Waals surface area contributed by atoms with Gasteiger partial charge in [-0.1, -0.05) is 19.8 Å². The van der Waals surface area contributed by atoms with Crippen molar-refractivity contribution >= 4 is 0 Å². The second-order valence-electron chi connectivity index (χ2n) is 2.99. The maximum Gasteiger partial charge on any atom is 0.0769 e. The Balaban J connectivity index is 2.56. The summed E-state index contributed by atoms with van der Waals surface area (Å²) in [6.07, 6.45) is 8.41. The highest BCUT2D eigenvalue weighted by Crippen LogP contribution is 2.14. The lowest BCUT2D eigenvalue weighted by Crippen LogP contribution is -2.28. The molecule has 0 bridgehead atoms. The van der Waals surface area contributed by atoms with Crippen molar-refractivity contribution < 1.29 is 0 Å². The topological polar surface area (TPSA) is 63.8 Å². The quantitative estimate of drug-likeness (QED) is 0.527. The third-order valence-electron chi connectivity index (χ3n) is 1.99. The fourth-order valence-corrected chi connectivity index (χ4v) is 1.22. The summed E-state index contributed by atoms with van der Waals surface area (Å²) >= 11 is 0. The first kappa shape index (κ1) is 10.1. The molecule has 0 fully saturated rings. The van der Waals surface area contributed by atoms with Gasteiger partial charge in [-0.3, -0.25) is 21.2 Å². The summed E-state index contributed by atoms with van der Waals surface area (Å²) in [6.45, 7) is 2.16. The number of unbranched alkanes of at least 4 members (excludes halogenated alkanes) is 1. The van der Waals surface area contributed by atoms with Crippen LogP contribution in [0.1, 0.15) is 37.9 Å². The molecule has 0 aliphatic carbocycles. The van der Waals surface area contributed by atoms with E-state index in [0.717, 1.165) is 18.5 Å². The molecule has 0 aliphatic heterocycles. The number of hydrogen-bond acceptors (Lipinski definition) is 4. The normalized spacial score (nSPS) is 12.8. The Kier molecular flexibility index (Phi) is 4.35. The van der Waals surface area contributed by atoms with Gasteiger partial charge in [0.1, 0.15) is 0 Å². The van der Waals surface area contributed by atoms with E-state index in [4.69, 9.17) is 5.84 Å². The molecule has 1 atom stereocenters. The average molecular weight is 180 g/mol. The molecule has 72 valence electrons. The zero-order valence-corrected chi connectivity index (χ0v) is 7.90. The Labute approximate surface area is 78.6 Å². The predicted molar refractivity (Wildman–Crippen MR) is 51.6 cm³/mol. The molecule has 1 aromatic rings. The van der Waals surface area contributed by atoms with Gasteiger partial charge in [-0.2, -0.15) is 0 Å². The van der Waals surface area contributed by atoms with E-state index in [-0.39, 0.29) is 6.04 Å². The fraction of sp³-hybridized carbons (Fsp3) is 0.556. The minimum atomic E-state index is 0.133. The second kappa shape index (κ2) is 5.61. The van der Waals surface area contributed by atoms with Crippen molar-refractivity contribution in [3.63, 3.8) is 0 Å². The van der Waals surface area contributed by atoms with Gasteiger partial charge >= 0.3 is 0 Å². The van der Waals surface area contributed by atoms with Crippen LogP contribution in [0.25, 0.3) is 0 Å². The van der Waals surface area contributed by atoms with Gasteiger partial charge in [-0.25, -0.2) is 0 Å². The number of aromatic nitrogens is 2. The van der Waals surface area contributed by atoms with Crippen LogP contribution in [-0.4, -0.2) is 9.97 Å². The van der Waals surface area contributed by atoms with Crippen LogP contribution < -0.4 is 11.3 Å². The molecular weight excluding hydrogens is 164 g/mol. The molecular formula is C9H16N4. The average Bonchev–Trinajstić information content (AvgIpc) is 2.21. The van der Waals surface area contributed by atoms with Gasteiger partial charge in [-0.15, -0.1) is 0 Å². The van der Waals surface area contributed by atoms with Crippen LogP contribution in [0.3, 0.4) is 0 Å². The fourth-order valence-electron chi connectivity index (χ4n) is 1.22. The van der Waals surface area contributed by atoms with E-state index < -0.39 is 0 Å². The molecule has 0 aromatic carbocycles. The van der Waals surface area contributed by atoms with Crippen molar-refractivity contribution in [2.75, 3.05) is 0 Å². The molecule has 4 nitrogen and oxygen atoms in total. The summed E-state index contributed by atoms with van der Waals surface area (Å²) in [5.41, 5.74) is 3.67. The zero-order valence-electron chi connectivity index (χ0n) is 7.90. The summed E-state index contributed by atoms with van der Waals surface area (Å²) in [6, 6.07) is 0.133. The molecule has 1 unspecified atom stereocenters. The highest BCUT2D eigenvalue weighted by atomic mass is 15.2. The SMILES string of the molecule is CCCCC(NN)c1cnccn1. The minimum absolute atomic E-state index is 0.133. The van der Waals surface area contributed by atoms with Crippen LogP contribution in [0.15, 0.2) is 18.6 Å². The third kappa shape index (κ3) is 3.08. The van der Waals surface area contributed by atoms with Crippen molar-refractivity contribution in [2.45, 2.75) is 32.2 Å². The lowest BCUT2D eigenvalue weighted by Gasteiger charge is -2.13. The Morgan fingerprint density at radius 1 is 1.54 bits per heavy atom. The number of rotatable bonds is 5. The number of nitrogens with two attached hydrogens (primary N) is 1. The van der Waals surface area contributed by atoms with Crippen LogP contribution in [0.2, 0.25) is 0 Å². The maximum absolute atomic E-state index is 5.43. The van der Waals surface area contributed by atoms with Gasteiger partial charge in [0.25, 0.3) is 0 Å². The van der Waals surface area contributed by atoms with Gasteiger partial charge in [0.05, 0.1) is 17.9 Å². The lowest BCUT2D eigenvalue weighted by molar-refractivity contribution is 0.483. The summed E-state index contributed by atoms with van der Waals surface area (Å²) in [5.74, 6) is 5.43. The summed E-state index contributed by atoms with van der Waals surface area (Å²) < 4.78 is 0.